The molecule has 1 aliphatic carbocycles. The zero-order valence-electron chi connectivity index (χ0n) is 11.5. The van der Waals surface area contributed by atoms with Crippen molar-refractivity contribution in [2.75, 3.05) is 18.5 Å². The van der Waals surface area contributed by atoms with Gasteiger partial charge in [0.1, 0.15) is 0 Å². The molecular formula is C15H19BrF3N. The number of hydrogen-bond acceptors (Lipinski definition) is 1. The summed E-state index contributed by atoms with van der Waals surface area (Å²) in [4.78, 5) is 1.76. The fourth-order valence-corrected chi connectivity index (χ4v) is 3.25. The average Bonchev–Trinajstić information content (AvgIpc) is 2.89. The summed E-state index contributed by atoms with van der Waals surface area (Å²) in [5.41, 5.74) is 0.402. The normalized spacial score (nSPS) is 16.6. The molecule has 0 aromatic heterocycles. The second-order valence-electron chi connectivity index (χ2n) is 5.51. The molecule has 1 saturated carbocycles. The van der Waals surface area contributed by atoms with Gasteiger partial charge in [0.2, 0.25) is 0 Å². The predicted molar refractivity (Wildman–Crippen MR) is 79.3 cm³/mol. The highest BCUT2D eigenvalue weighted by atomic mass is 79.9. The molecule has 0 aliphatic heterocycles. The maximum Gasteiger partial charge on any atom is 0.418 e. The minimum absolute atomic E-state index is 0.286. The number of benzene rings is 1. The SMILES string of the molecule is CN(CC1CCCC1)c1ccc(CBr)cc1C(F)(F)F. The van der Waals surface area contributed by atoms with Crippen LogP contribution in [0.2, 0.25) is 0 Å². The molecule has 1 nitrogen and oxygen atoms in total. The van der Waals surface area contributed by atoms with Crippen molar-refractivity contribution in [3.05, 3.63) is 29.3 Å². The smallest absolute Gasteiger partial charge is 0.374 e. The van der Waals surface area contributed by atoms with E-state index in [2.05, 4.69) is 15.9 Å². The van der Waals surface area contributed by atoms with Gasteiger partial charge in [-0.2, -0.15) is 13.2 Å². The Labute approximate surface area is 126 Å². The van der Waals surface area contributed by atoms with E-state index in [1.54, 1.807) is 24.1 Å². The lowest BCUT2D eigenvalue weighted by Crippen LogP contribution is -2.26. The Kier molecular flexibility index (Phi) is 4.99. The van der Waals surface area contributed by atoms with Gasteiger partial charge in [-0.25, -0.2) is 0 Å². The van der Waals surface area contributed by atoms with Gasteiger partial charge in [-0.3, -0.25) is 0 Å². The fraction of sp³-hybridized carbons (Fsp3) is 0.600. The molecule has 0 atom stereocenters. The summed E-state index contributed by atoms with van der Waals surface area (Å²) < 4.78 is 39.6. The van der Waals surface area contributed by atoms with Crippen molar-refractivity contribution >= 4 is 21.6 Å². The molecule has 2 rings (SSSR count). The van der Waals surface area contributed by atoms with Crippen LogP contribution in [0.1, 0.15) is 36.8 Å². The van der Waals surface area contributed by atoms with E-state index in [0.717, 1.165) is 12.8 Å². The van der Waals surface area contributed by atoms with Crippen LogP contribution in [0.25, 0.3) is 0 Å². The highest BCUT2D eigenvalue weighted by Gasteiger charge is 2.35. The highest BCUT2D eigenvalue weighted by molar-refractivity contribution is 9.08. The second kappa shape index (κ2) is 6.37. The summed E-state index contributed by atoms with van der Waals surface area (Å²) in [5.74, 6) is 0.525. The lowest BCUT2D eigenvalue weighted by atomic mass is 10.0. The van der Waals surface area contributed by atoms with Crippen LogP contribution < -0.4 is 4.90 Å². The van der Waals surface area contributed by atoms with Gasteiger partial charge in [0, 0.05) is 24.6 Å². The third kappa shape index (κ3) is 3.68. The van der Waals surface area contributed by atoms with Crippen molar-refractivity contribution in [2.24, 2.45) is 5.92 Å². The minimum Gasteiger partial charge on any atom is -0.374 e. The Morgan fingerprint density at radius 3 is 2.45 bits per heavy atom. The first kappa shape index (κ1) is 15.7. The molecule has 1 aliphatic rings. The first-order chi connectivity index (χ1) is 9.41. The van der Waals surface area contributed by atoms with Gasteiger partial charge < -0.3 is 4.90 Å². The molecule has 1 aromatic rings. The first-order valence-electron chi connectivity index (χ1n) is 6.89. The van der Waals surface area contributed by atoms with E-state index in [1.165, 1.54) is 18.9 Å². The van der Waals surface area contributed by atoms with Gasteiger partial charge in [-0.1, -0.05) is 34.8 Å². The first-order valence-corrected chi connectivity index (χ1v) is 8.01. The van der Waals surface area contributed by atoms with Crippen molar-refractivity contribution < 1.29 is 13.2 Å². The van der Waals surface area contributed by atoms with Crippen LogP contribution in [0.4, 0.5) is 18.9 Å². The quantitative estimate of drug-likeness (QED) is 0.673. The molecule has 5 heteroatoms. The molecule has 0 heterocycles. The van der Waals surface area contributed by atoms with E-state index in [9.17, 15) is 13.2 Å². The van der Waals surface area contributed by atoms with E-state index in [-0.39, 0.29) is 5.69 Å². The van der Waals surface area contributed by atoms with Crippen LogP contribution in [0, 0.1) is 5.92 Å². The zero-order valence-corrected chi connectivity index (χ0v) is 13.1. The average molecular weight is 350 g/mol. The van der Waals surface area contributed by atoms with Gasteiger partial charge in [-0.05, 0) is 36.5 Å². The van der Waals surface area contributed by atoms with E-state index >= 15 is 0 Å². The molecule has 0 N–H and O–H groups in total. The molecule has 112 valence electrons. The summed E-state index contributed by atoms with van der Waals surface area (Å²) in [6.07, 6.45) is 0.355. The third-order valence-electron chi connectivity index (χ3n) is 3.94. The van der Waals surface area contributed by atoms with Gasteiger partial charge in [0.05, 0.1) is 5.56 Å². The largest absolute Gasteiger partial charge is 0.418 e. The van der Waals surface area contributed by atoms with Crippen LogP contribution in [-0.2, 0) is 11.5 Å². The van der Waals surface area contributed by atoms with Crippen molar-refractivity contribution in [1.29, 1.82) is 0 Å². The standard InChI is InChI=1S/C15H19BrF3N/c1-20(10-11-4-2-3-5-11)14-7-6-12(9-16)8-13(14)15(17,18)19/h6-8,11H,2-5,9-10H2,1H3. The van der Waals surface area contributed by atoms with Gasteiger partial charge in [0.15, 0.2) is 0 Å². The van der Waals surface area contributed by atoms with E-state index in [0.29, 0.717) is 23.4 Å². The van der Waals surface area contributed by atoms with Crippen molar-refractivity contribution in [3.63, 3.8) is 0 Å². The molecule has 0 bridgehead atoms. The summed E-state index contributed by atoms with van der Waals surface area (Å²) in [6.45, 7) is 0.705. The topological polar surface area (TPSA) is 3.24 Å². The summed E-state index contributed by atoms with van der Waals surface area (Å²) in [5, 5.41) is 0.433. The Morgan fingerprint density at radius 2 is 1.90 bits per heavy atom. The molecule has 1 aromatic carbocycles. The number of hydrogen-bond donors (Lipinski definition) is 0. The molecule has 0 amide bonds. The van der Waals surface area contributed by atoms with Gasteiger partial charge >= 0.3 is 6.18 Å². The lowest BCUT2D eigenvalue weighted by molar-refractivity contribution is -0.137. The van der Waals surface area contributed by atoms with Crippen LogP contribution in [-0.4, -0.2) is 13.6 Å². The Morgan fingerprint density at radius 1 is 1.25 bits per heavy atom. The maximum absolute atomic E-state index is 13.2. The Bertz CT molecular complexity index is 453. The number of rotatable bonds is 4. The van der Waals surface area contributed by atoms with Crippen molar-refractivity contribution in [2.45, 2.75) is 37.2 Å². The summed E-state index contributed by atoms with van der Waals surface area (Å²) >= 11 is 3.21. The predicted octanol–water partition coefficient (Wildman–Crippen LogP) is 5.23. The highest BCUT2D eigenvalue weighted by Crippen LogP contribution is 2.38. The lowest BCUT2D eigenvalue weighted by Gasteiger charge is -2.26. The van der Waals surface area contributed by atoms with Gasteiger partial charge in [0.25, 0.3) is 0 Å². The zero-order chi connectivity index (χ0) is 14.8. The molecule has 1 fully saturated rings. The molecular weight excluding hydrogens is 331 g/mol. The second-order valence-corrected chi connectivity index (χ2v) is 6.07. The number of anilines is 1. The number of halogens is 4. The van der Waals surface area contributed by atoms with Crippen molar-refractivity contribution in [1.82, 2.24) is 0 Å². The maximum atomic E-state index is 13.2. The fourth-order valence-electron chi connectivity index (χ4n) is 2.90. The summed E-state index contributed by atoms with van der Waals surface area (Å²) in [7, 11) is 1.76. The molecule has 0 saturated heterocycles. The van der Waals surface area contributed by atoms with Gasteiger partial charge in [-0.15, -0.1) is 0 Å². The Hall–Kier alpha value is -0.710. The van der Waals surface area contributed by atoms with Crippen LogP contribution in [0.3, 0.4) is 0 Å². The van der Waals surface area contributed by atoms with E-state index in [1.807, 2.05) is 0 Å². The Balaban J connectivity index is 2.24. The molecule has 0 unspecified atom stereocenters. The number of alkyl halides is 4. The molecule has 0 radical (unpaired) electrons. The number of nitrogens with zero attached hydrogens (tertiary/aromatic N) is 1. The van der Waals surface area contributed by atoms with Crippen LogP contribution in [0.5, 0.6) is 0 Å². The van der Waals surface area contributed by atoms with Crippen LogP contribution in [0.15, 0.2) is 18.2 Å². The van der Waals surface area contributed by atoms with E-state index < -0.39 is 11.7 Å². The molecule has 0 spiro atoms. The van der Waals surface area contributed by atoms with Crippen molar-refractivity contribution in [3.8, 4) is 0 Å². The summed E-state index contributed by atoms with van der Waals surface area (Å²) in [6, 6.07) is 4.59. The third-order valence-corrected chi connectivity index (χ3v) is 4.59. The van der Waals surface area contributed by atoms with Crippen LogP contribution >= 0.6 is 15.9 Å². The van der Waals surface area contributed by atoms with E-state index in [4.69, 9.17) is 0 Å². The minimum atomic E-state index is -4.31. The molecule has 20 heavy (non-hydrogen) atoms. The monoisotopic (exact) mass is 349 g/mol.